The fourth-order valence-electron chi connectivity index (χ4n) is 2.70. The van der Waals surface area contributed by atoms with Gasteiger partial charge in [0.15, 0.2) is 5.96 Å². The van der Waals surface area contributed by atoms with Crippen molar-refractivity contribution in [2.24, 2.45) is 10.7 Å². The highest BCUT2D eigenvalue weighted by atomic mass is 127. The molecule has 0 aliphatic carbocycles. The van der Waals surface area contributed by atoms with Crippen LogP contribution < -0.4 is 15.8 Å². The van der Waals surface area contributed by atoms with Gasteiger partial charge in [0.05, 0.1) is 7.11 Å². The Morgan fingerprint density at radius 1 is 1.04 bits per heavy atom. The number of nitrogens with two attached hydrogens (primary N) is 1. The van der Waals surface area contributed by atoms with Gasteiger partial charge in [-0.3, -0.25) is 4.99 Å². The van der Waals surface area contributed by atoms with Crippen LogP contribution in [0.3, 0.4) is 0 Å². The Bertz CT molecular complexity index is 859. The van der Waals surface area contributed by atoms with Crippen LogP contribution in [0.15, 0.2) is 71.7 Å². The van der Waals surface area contributed by atoms with E-state index in [-0.39, 0.29) is 24.0 Å². The molecule has 0 radical (unpaired) electrons. The van der Waals surface area contributed by atoms with Gasteiger partial charge in [0, 0.05) is 18.3 Å². The van der Waals surface area contributed by atoms with Crippen molar-refractivity contribution in [1.29, 1.82) is 0 Å². The molecule has 0 heterocycles. The lowest BCUT2D eigenvalue weighted by molar-refractivity contribution is 0.415. The number of hydrogen-bond donors (Lipinski definition) is 2. The first-order valence-corrected chi connectivity index (χ1v) is 7.94. The normalized spacial score (nSPS) is 11.0. The molecule has 0 amide bonds. The molecule has 0 aromatic heterocycles. The maximum absolute atomic E-state index is 5.97. The second-order valence-corrected chi connectivity index (χ2v) is 5.51. The monoisotopic (exact) mass is 447 g/mol. The molecule has 0 aliphatic heterocycles. The summed E-state index contributed by atoms with van der Waals surface area (Å²) >= 11 is 0. The summed E-state index contributed by atoms with van der Waals surface area (Å²) in [5.74, 6) is 1.19. The lowest BCUT2D eigenvalue weighted by atomic mass is 10.0. The highest BCUT2D eigenvalue weighted by Crippen LogP contribution is 2.19. The third-order valence-corrected chi connectivity index (χ3v) is 3.89. The second-order valence-electron chi connectivity index (χ2n) is 5.51. The average Bonchev–Trinajstić information content (AvgIpc) is 2.62. The molecular weight excluding hydrogens is 425 g/mol. The lowest BCUT2D eigenvalue weighted by Crippen LogP contribution is -2.23. The number of nitrogens with zero attached hydrogens (tertiary/aromatic N) is 1. The third-order valence-electron chi connectivity index (χ3n) is 3.89. The highest BCUT2D eigenvalue weighted by Gasteiger charge is 2.01. The van der Waals surface area contributed by atoms with Crippen molar-refractivity contribution in [2.45, 2.75) is 6.42 Å². The number of aliphatic imine (C=N–C) groups is 1. The Kier molecular flexibility index (Phi) is 7.06. The van der Waals surface area contributed by atoms with Crippen LogP contribution in [0.4, 0.5) is 5.69 Å². The number of ether oxygens (including phenoxy) is 1. The van der Waals surface area contributed by atoms with E-state index in [0.29, 0.717) is 12.5 Å². The first-order valence-electron chi connectivity index (χ1n) is 7.94. The molecule has 0 saturated heterocycles. The summed E-state index contributed by atoms with van der Waals surface area (Å²) in [6.07, 6.45) is 0.849. The van der Waals surface area contributed by atoms with Crippen molar-refractivity contribution in [3.8, 4) is 5.75 Å². The Balaban J connectivity index is 0.00000225. The number of benzene rings is 3. The van der Waals surface area contributed by atoms with Gasteiger partial charge in [0.25, 0.3) is 0 Å². The Morgan fingerprint density at radius 2 is 1.80 bits per heavy atom. The van der Waals surface area contributed by atoms with Crippen molar-refractivity contribution >= 4 is 46.4 Å². The largest absolute Gasteiger partial charge is 0.497 e. The first-order chi connectivity index (χ1) is 11.8. The molecule has 0 unspecified atom stereocenters. The SMILES string of the molecule is COc1cccc(NC(N)=NCCc2cccc3ccccc23)c1.I. The molecule has 0 fully saturated rings. The van der Waals surface area contributed by atoms with Crippen LogP contribution in [0.1, 0.15) is 5.56 Å². The van der Waals surface area contributed by atoms with Crippen LogP contribution in [0.2, 0.25) is 0 Å². The molecule has 3 N–H and O–H groups in total. The fraction of sp³-hybridized carbons (Fsp3) is 0.150. The van der Waals surface area contributed by atoms with E-state index < -0.39 is 0 Å². The number of halogens is 1. The van der Waals surface area contributed by atoms with Gasteiger partial charge in [-0.05, 0) is 34.9 Å². The number of fused-ring (bicyclic) bond motifs is 1. The minimum atomic E-state index is 0. The third kappa shape index (κ3) is 5.09. The molecule has 3 aromatic rings. The van der Waals surface area contributed by atoms with Gasteiger partial charge < -0.3 is 15.8 Å². The van der Waals surface area contributed by atoms with Crippen LogP contribution in [-0.2, 0) is 6.42 Å². The predicted molar refractivity (Wildman–Crippen MR) is 116 cm³/mol. The van der Waals surface area contributed by atoms with E-state index in [2.05, 4.69) is 52.8 Å². The maximum atomic E-state index is 5.97. The highest BCUT2D eigenvalue weighted by molar-refractivity contribution is 14.0. The van der Waals surface area contributed by atoms with E-state index in [0.717, 1.165) is 17.9 Å². The zero-order valence-electron chi connectivity index (χ0n) is 14.1. The Labute approximate surface area is 165 Å². The van der Waals surface area contributed by atoms with E-state index in [1.165, 1.54) is 16.3 Å². The van der Waals surface area contributed by atoms with Crippen molar-refractivity contribution in [3.05, 3.63) is 72.3 Å². The van der Waals surface area contributed by atoms with E-state index in [4.69, 9.17) is 10.5 Å². The Morgan fingerprint density at radius 3 is 2.64 bits per heavy atom. The summed E-state index contributed by atoms with van der Waals surface area (Å²) in [7, 11) is 1.64. The summed E-state index contributed by atoms with van der Waals surface area (Å²) < 4.78 is 5.20. The average molecular weight is 447 g/mol. The summed E-state index contributed by atoms with van der Waals surface area (Å²) in [5, 5.41) is 5.61. The van der Waals surface area contributed by atoms with Crippen molar-refractivity contribution in [2.75, 3.05) is 19.0 Å². The van der Waals surface area contributed by atoms with Gasteiger partial charge in [-0.1, -0.05) is 48.5 Å². The van der Waals surface area contributed by atoms with Gasteiger partial charge >= 0.3 is 0 Å². The Hall–Kier alpha value is -2.28. The topological polar surface area (TPSA) is 59.6 Å². The van der Waals surface area contributed by atoms with Gasteiger partial charge in [0.1, 0.15) is 5.75 Å². The van der Waals surface area contributed by atoms with Crippen molar-refractivity contribution in [3.63, 3.8) is 0 Å². The molecule has 0 bridgehead atoms. The molecule has 3 aromatic carbocycles. The molecule has 3 rings (SSSR count). The summed E-state index contributed by atoms with van der Waals surface area (Å²) in [6, 6.07) is 22.3. The van der Waals surface area contributed by atoms with Crippen molar-refractivity contribution in [1.82, 2.24) is 0 Å². The standard InChI is InChI=1S/C20H21N3O.HI/c1-24-18-10-5-9-17(14-18)23-20(21)22-13-12-16-8-4-7-15-6-2-3-11-19(15)16;/h2-11,14H,12-13H2,1H3,(H3,21,22,23);1H. The van der Waals surface area contributed by atoms with Crippen LogP contribution in [0.5, 0.6) is 5.75 Å². The number of nitrogens with one attached hydrogen (secondary N) is 1. The number of guanidine groups is 1. The predicted octanol–water partition coefficient (Wildman–Crippen LogP) is 4.44. The molecule has 0 spiro atoms. The van der Waals surface area contributed by atoms with E-state index in [1.807, 2.05) is 24.3 Å². The number of methoxy groups -OCH3 is 1. The number of rotatable bonds is 5. The zero-order chi connectivity index (χ0) is 16.8. The maximum Gasteiger partial charge on any atom is 0.193 e. The van der Waals surface area contributed by atoms with E-state index in [1.54, 1.807) is 7.11 Å². The molecule has 4 nitrogen and oxygen atoms in total. The van der Waals surface area contributed by atoms with Gasteiger partial charge in [-0.25, -0.2) is 0 Å². The zero-order valence-corrected chi connectivity index (χ0v) is 16.4. The minimum absolute atomic E-state index is 0. The quantitative estimate of drug-likeness (QED) is 0.346. The second kappa shape index (κ2) is 9.27. The van der Waals surface area contributed by atoms with Crippen molar-refractivity contribution < 1.29 is 4.74 Å². The lowest BCUT2D eigenvalue weighted by Gasteiger charge is -2.08. The van der Waals surface area contributed by atoms with Gasteiger partial charge in [-0.15, -0.1) is 24.0 Å². The molecule has 0 aliphatic rings. The molecular formula is C20H22IN3O. The van der Waals surface area contributed by atoms with Crippen LogP contribution in [0.25, 0.3) is 10.8 Å². The van der Waals surface area contributed by atoms with Crippen LogP contribution in [0, 0.1) is 0 Å². The molecule has 0 saturated carbocycles. The molecule has 25 heavy (non-hydrogen) atoms. The van der Waals surface area contributed by atoms with E-state index in [9.17, 15) is 0 Å². The molecule has 0 atom stereocenters. The fourth-order valence-corrected chi connectivity index (χ4v) is 2.70. The van der Waals surface area contributed by atoms with Crippen LogP contribution >= 0.6 is 24.0 Å². The van der Waals surface area contributed by atoms with Gasteiger partial charge in [-0.2, -0.15) is 0 Å². The number of anilines is 1. The smallest absolute Gasteiger partial charge is 0.193 e. The molecule has 130 valence electrons. The van der Waals surface area contributed by atoms with Crippen LogP contribution in [-0.4, -0.2) is 19.6 Å². The van der Waals surface area contributed by atoms with Gasteiger partial charge in [0.2, 0.25) is 0 Å². The number of hydrogen-bond acceptors (Lipinski definition) is 2. The molecule has 5 heteroatoms. The summed E-state index contributed by atoms with van der Waals surface area (Å²) in [4.78, 5) is 4.42. The first kappa shape index (κ1) is 19.1. The minimum Gasteiger partial charge on any atom is -0.497 e. The van der Waals surface area contributed by atoms with E-state index >= 15 is 0 Å². The summed E-state index contributed by atoms with van der Waals surface area (Å²) in [5.41, 5.74) is 8.12. The summed E-state index contributed by atoms with van der Waals surface area (Å²) in [6.45, 7) is 0.636.